The van der Waals surface area contributed by atoms with Crippen LogP contribution in [0.25, 0.3) is 0 Å². The third-order valence-corrected chi connectivity index (χ3v) is 6.02. The zero-order chi connectivity index (χ0) is 24.3. The Morgan fingerprint density at radius 1 is 0.758 bits per heavy atom. The lowest BCUT2D eigenvalue weighted by Crippen LogP contribution is -2.64. The van der Waals surface area contributed by atoms with Crippen molar-refractivity contribution in [3.8, 4) is 0 Å². The van der Waals surface area contributed by atoms with E-state index in [9.17, 15) is 35.7 Å². The highest BCUT2D eigenvalue weighted by Crippen LogP contribution is 2.30. The van der Waals surface area contributed by atoms with Gasteiger partial charge in [-0.25, -0.2) is 0 Å². The molecule has 7 N–H and O–H groups in total. The summed E-state index contributed by atoms with van der Waals surface area (Å²) < 4.78 is 22.3. The van der Waals surface area contributed by atoms with Crippen LogP contribution in [0.4, 0.5) is 0 Å². The Morgan fingerprint density at radius 2 is 1.30 bits per heavy atom. The second-order valence-electron chi connectivity index (χ2n) is 8.71. The predicted molar refractivity (Wildman–Crippen MR) is 112 cm³/mol. The normalized spacial score (nSPS) is 39.7. The molecule has 0 unspecified atom stereocenters. The quantitative estimate of drug-likeness (QED) is 0.221. The highest BCUT2D eigenvalue weighted by Gasteiger charge is 2.50. The van der Waals surface area contributed by atoms with Crippen molar-refractivity contribution in [1.82, 2.24) is 0 Å². The number of rotatable bonds is 8. The van der Waals surface area contributed by atoms with Gasteiger partial charge in [0.1, 0.15) is 48.8 Å². The fourth-order valence-electron chi connectivity index (χ4n) is 3.85. The average molecular weight is 475 g/mol. The summed E-state index contributed by atoms with van der Waals surface area (Å²) in [5.74, 6) is 0.361. The summed E-state index contributed by atoms with van der Waals surface area (Å²) in [6.07, 6.45) is -14.7. The molecule has 0 aliphatic carbocycles. The zero-order valence-corrected chi connectivity index (χ0v) is 18.5. The molecule has 2 aliphatic heterocycles. The zero-order valence-electron chi connectivity index (χ0n) is 18.5. The van der Waals surface area contributed by atoms with Crippen molar-refractivity contribution in [3.05, 3.63) is 35.4 Å². The minimum atomic E-state index is -1.72. The van der Waals surface area contributed by atoms with Crippen molar-refractivity contribution in [1.29, 1.82) is 0 Å². The van der Waals surface area contributed by atoms with Crippen LogP contribution < -0.4 is 0 Å². The molecule has 0 radical (unpaired) electrons. The van der Waals surface area contributed by atoms with Crippen LogP contribution >= 0.6 is 0 Å². The number of hydrogen-bond donors (Lipinski definition) is 7. The topological polar surface area (TPSA) is 179 Å². The van der Waals surface area contributed by atoms with Crippen molar-refractivity contribution in [3.63, 3.8) is 0 Å². The van der Waals surface area contributed by atoms with Crippen LogP contribution in [0, 0.1) is 0 Å². The van der Waals surface area contributed by atoms with E-state index in [1.54, 1.807) is 0 Å². The van der Waals surface area contributed by atoms with Gasteiger partial charge in [-0.3, -0.25) is 0 Å². The van der Waals surface area contributed by atoms with Gasteiger partial charge in [-0.2, -0.15) is 0 Å². The van der Waals surface area contributed by atoms with E-state index in [1.807, 2.05) is 24.3 Å². The van der Waals surface area contributed by atoms with Crippen LogP contribution in [0.2, 0.25) is 0 Å². The van der Waals surface area contributed by atoms with Crippen LogP contribution in [0.3, 0.4) is 0 Å². The number of aliphatic hydroxyl groups is 7. The maximum Gasteiger partial charge on any atom is 0.187 e. The Balaban J connectivity index is 1.74. The van der Waals surface area contributed by atoms with E-state index >= 15 is 0 Å². The summed E-state index contributed by atoms with van der Waals surface area (Å²) in [6, 6.07) is 7.67. The maximum absolute atomic E-state index is 10.6. The fraction of sp³-hybridized carbons (Fsp3) is 0.727. The second kappa shape index (κ2) is 11.5. The van der Waals surface area contributed by atoms with Gasteiger partial charge in [-0.05, 0) is 17.0 Å². The molecule has 0 amide bonds. The van der Waals surface area contributed by atoms with Gasteiger partial charge < -0.3 is 54.7 Å². The summed E-state index contributed by atoms with van der Waals surface area (Å²) in [5, 5.41) is 70.0. The van der Waals surface area contributed by atoms with Crippen LogP contribution in [0.5, 0.6) is 0 Å². The smallest absolute Gasteiger partial charge is 0.187 e. The Labute approximate surface area is 191 Å². The molecule has 10 atom stereocenters. The lowest BCUT2D eigenvalue weighted by atomic mass is 9.97. The van der Waals surface area contributed by atoms with Crippen LogP contribution in [0.1, 0.15) is 30.9 Å². The first kappa shape index (κ1) is 26.4. The van der Waals surface area contributed by atoms with Gasteiger partial charge in [0.2, 0.25) is 0 Å². The van der Waals surface area contributed by atoms with Crippen molar-refractivity contribution >= 4 is 0 Å². The molecule has 2 heterocycles. The Kier molecular flexibility index (Phi) is 9.17. The van der Waals surface area contributed by atoms with Crippen molar-refractivity contribution in [2.24, 2.45) is 0 Å². The van der Waals surface area contributed by atoms with E-state index in [0.29, 0.717) is 5.92 Å². The Bertz CT molecular complexity index is 728. The van der Waals surface area contributed by atoms with Crippen molar-refractivity contribution in [2.75, 3.05) is 13.2 Å². The predicted octanol–water partition coefficient (Wildman–Crippen LogP) is -2.05. The first-order chi connectivity index (χ1) is 15.7. The van der Waals surface area contributed by atoms with Crippen LogP contribution in [-0.2, 0) is 25.6 Å². The number of ether oxygens (including phenoxy) is 4. The SMILES string of the molecule is CC(C)c1ccc(CO[C@@H]2O[C@H](CO)[C@@H](O)[C@H](O)[C@H]2O[C@@H]2O[C@H](CO)[C@@H](O)[C@H](O)[C@H]2O)cc1. The molecule has 188 valence electrons. The lowest BCUT2D eigenvalue weighted by Gasteiger charge is -2.45. The Morgan fingerprint density at radius 3 is 1.85 bits per heavy atom. The summed E-state index contributed by atoms with van der Waals surface area (Å²) in [7, 11) is 0. The number of hydrogen-bond acceptors (Lipinski definition) is 11. The minimum Gasteiger partial charge on any atom is -0.394 e. The molecule has 0 bridgehead atoms. The van der Waals surface area contributed by atoms with Gasteiger partial charge in [0.05, 0.1) is 19.8 Å². The standard InChI is InChI=1S/C22H34O11/c1-10(2)12-5-3-11(4-6-12)9-30-22-20(18(28)16(26)14(8-24)32-22)33-21-19(29)17(27)15(25)13(7-23)31-21/h3-6,10,13-29H,7-9H2,1-2H3/t13-,14-,15-,16-,17+,18+,19-,20-,21+,22-/m1/s1. The molecular weight excluding hydrogens is 440 g/mol. The third-order valence-electron chi connectivity index (χ3n) is 6.02. The molecule has 11 heteroatoms. The molecule has 0 spiro atoms. The molecule has 2 fully saturated rings. The van der Waals surface area contributed by atoms with Gasteiger partial charge >= 0.3 is 0 Å². The maximum atomic E-state index is 10.6. The number of benzene rings is 1. The van der Waals surface area contributed by atoms with E-state index < -0.39 is 74.6 Å². The van der Waals surface area contributed by atoms with Gasteiger partial charge in [0, 0.05) is 0 Å². The Hall–Kier alpha value is -1.22. The molecule has 2 saturated heterocycles. The van der Waals surface area contributed by atoms with Gasteiger partial charge in [0.15, 0.2) is 12.6 Å². The molecular formula is C22H34O11. The second-order valence-corrected chi connectivity index (χ2v) is 8.71. The summed E-state index contributed by atoms with van der Waals surface area (Å²) in [6.45, 7) is 2.96. The van der Waals surface area contributed by atoms with E-state index in [1.165, 1.54) is 0 Å². The molecule has 33 heavy (non-hydrogen) atoms. The highest BCUT2D eigenvalue weighted by molar-refractivity contribution is 5.24. The molecule has 0 aromatic heterocycles. The molecule has 0 saturated carbocycles. The van der Waals surface area contributed by atoms with E-state index in [0.717, 1.165) is 11.1 Å². The van der Waals surface area contributed by atoms with E-state index in [-0.39, 0.29) is 6.61 Å². The molecule has 11 nitrogen and oxygen atoms in total. The largest absolute Gasteiger partial charge is 0.394 e. The van der Waals surface area contributed by atoms with Gasteiger partial charge in [0.25, 0.3) is 0 Å². The van der Waals surface area contributed by atoms with Crippen molar-refractivity contribution in [2.45, 2.75) is 87.8 Å². The first-order valence-corrected chi connectivity index (χ1v) is 11.0. The van der Waals surface area contributed by atoms with Gasteiger partial charge in [-0.1, -0.05) is 38.1 Å². The summed E-state index contributed by atoms with van der Waals surface area (Å²) >= 11 is 0. The molecule has 1 aromatic carbocycles. The van der Waals surface area contributed by atoms with E-state index in [2.05, 4.69) is 13.8 Å². The van der Waals surface area contributed by atoms with Gasteiger partial charge in [-0.15, -0.1) is 0 Å². The van der Waals surface area contributed by atoms with E-state index in [4.69, 9.17) is 18.9 Å². The van der Waals surface area contributed by atoms with Crippen LogP contribution in [0.15, 0.2) is 24.3 Å². The van der Waals surface area contributed by atoms with Crippen molar-refractivity contribution < 1.29 is 54.7 Å². The minimum absolute atomic E-state index is 0.0541. The molecule has 1 aromatic rings. The summed E-state index contributed by atoms with van der Waals surface area (Å²) in [4.78, 5) is 0. The van der Waals surface area contributed by atoms with Crippen LogP contribution in [-0.4, -0.2) is 110 Å². The molecule has 2 aliphatic rings. The monoisotopic (exact) mass is 474 g/mol. The number of aliphatic hydroxyl groups excluding tert-OH is 7. The fourth-order valence-corrected chi connectivity index (χ4v) is 3.85. The average Bonchev–Trinajstić information content (AvgIpc) is 2.81. The highest BCUT2D eigenvalue weighted by atomic mass is 16.8. The summed E-state index contributed by atoms with van der Waals surface area (Å²) in [5.41, 5.74) is 1.95. The lowest BCUT2D eigenvalue weighted by molar-refractivity contribution is -0.368. The third kappa shape index (κ3) is 5.89. The molecule has 3 rings (SSSR count). The first-order valence-electron chi connectivity index (χ1n) is 11.0.